The summed E-state index contributed by atoms with van der Waals surface area (Å²) in [5.41, 5.74) is 3.01. The minimum Gasteiger partial charge on any atom is -0.486 e. The number of hydrogen-bond donors (Lipinski definition) is 3. The Morgan fingerprint density at radius 3 is 2.50 bits per heavy atom. The van der Waals surface area contributed by atoms with Crippen LogP contribution in [0.5, 0.6) is 11.5 Å². The Balaban J connectivity index is 1.20. The van der Waals surface area contributed by atoms with Gasteiger partial charge in [0.15, 0.2) is 11.5 Å². The highest BCUT2D eigenvalue weighted by Crippen LogP contribution is 2.33. The van der Waals surface area contributed by atoms with E-state index in [0.717, 1.165) is 28.8 Å². The maximum Gasteiger partial charge on any atom is 0.257 e. The molecule has 0 saturated carbocycles. The van der Waals surface area contributed by atoms with Crippen molar-refractivity contribution in [2.75, 3.05) is 26.3 Å². The first kappa shape index (κ1) is 19.2. The lowest BCUT2D eigenvalue weighted by Gasteiger charge is -2.28. The number of pyridine rings is 1. The molecule has 0 spiro atoms. The molecule has 3 aromatic rings. The maximum atomic E-state index is 12.6. The standard InChI is InChI=1S/C24H27N3O3/c28-24-19(12-18-13-22-23(14-21(18)26-24)30-11-10-29-22)15-25-20-6-8-27(9-7-20)16-17-4-2-1-3-5-17/h1-5,12-14,20,25H,6-11,15-16H2,(H,26,28)/p+2. The van der Waals surface area contributed by atoms with E-state index in [4.69, 9.17) is 9.47 Å². The van der Waals surface area contributed by atoms with Gasteiger partial charge in [0.1, 0.15) is 26.3 Å². The van der Waals surface area contributed by atoms with Crippen molar-refractivity contribution in [2.45, 2.75) is 32.0 Å². The Morgan fingerprint density at radius 2 is 1.73 bits per heavy atom. The van der Waals surface area contributed by atoms with Crippen molar-refractivity contribution in [3.63, 3.8) is 0 Å². The topological polar surface area (TPSA) is 72.4 Å². The number of nitrogens with one attached hydrogen (secondary N) is 2. The van der Waals surface area contributed by atoms with Crippen LogP contribution >= 0.6 is 0 Å². The van der Waals surface area contributed by atoms with E-state index in [1.165, 1.54) is 31.5 Å². The normalized spacial score (nSPS) is 20.9. The summed E-state index contributed by atoms with van der Waals surface area (Å²) in [5.74, 6) is 1.46. The van der Waals surface area contributed by atoms with Crippen LogP contribution in [0.3, 0.4) is 0 Å². The summed E-state index contributed by atoms with van der Waals surface area (Å²) in [6.07, 6.45) is 2.37. The molecule has 0 atom stereocenters. The molecular weight excluding hydrogens is 378 g/mol. The largest absolute Gasteiger partial charge is 0.486 e. The number of aromatic amines is 1. The Labute approximate surface area is 175 Å². The van der Waals surface area contributed by atoms with E-state index in [0.29, 0.717) is 31.5 Å². The Hall–Kier alpha value is -2.83. The van der Waals surface area contributed by atoms with Gasteiger partial charge in [0.05, 0.1) is 30.2 Å². The van der Waals surface area contributed by atoms with Crippen molar-refractivity contribution in [2.24, 2.45) is 0 Å². The third kappa shape index (κ3) is 4.20. The third-order valence-corrected chi connectivity index (χ3v) is 6.29. The second-order valence-corrected chi connectivity index (χ2v) is 8.40. The van der Waals surface area contributed by atoms with Crippen molar-refractivity contribution in [3.05, 3.63) is 70.0 Å². The van der Waals surface area contributed by atoms with Crippen LogP contribution in [0.25, 0.3) is 10.9 Å². The highest BCUT2D eigenvalue weighted by atomic mass is 16.6. The third-order valence-electron chi connectivity index (χ3n) is 6.29. The fraction of sp³-hybridized carbons (Fsp3) is 0.375. The smallest absolute Gasteiger partial charge is 0.257 e. The van der Waals surface area contributed by atoms with Crippen molar-refractivity contribution in [3.8, 4) is 11.5 Å². The average Bonchev–Trinajstić information content (AvgIpc) is 2.78. The zero-order valence-electron chi connectivity index (χ0n) is 17.2. The van der Waals surface area contributed by atoms with Gasteiger partial charge in [-0.15, -0.1) is 0 Å². The number of piperidine rings is 1. The maximum absolute atomic E-state index is 12.6. The molecule has 1 saturated heterocycles. The summed E-state index contributed by atoms with van der Waals surface area (Å²) in [4.78, 5) is 17.2. The van der Waals surface area contributed by atoms with E-state index in [2.05, 4.69) is 40.6 Å². The SMILES string of the molecule is O=c1[nH]c2cc3c(cc2cc1C[NH2+]C1CC[NH+](Cc2ccccc2)CC1)OCCO3. The molecule has 0 aliphatic carbocycles. The van der Waals surface area contributed by atoms with Crippen LogP contribution in [0, 0.1) is 0 Å². The molecule has 2 aliphatic rings. The monoisotopic (exact) mass is 407 g/mol. The number of likely N-dealkylation sites (tertiary alicyclic amines) is 1. The van der Waals surface area contributed by atoms with Crippen LogP contribution in [0.1, 0.15) is 24.0 Å². The molecule has 2 aliphatic heterocycles. The quantitative estimate of drug-likeness (QED) is 0.580. The molecule has 0 amide bonds. The lowest BCUT2D eigenvalue weighted by Crippen LogP contribution is -3.13. The molecule has 4 N–H and O–H groups in total. The van der Waals surface area contributed by atoms with Crippen LogP contribution in [-0.2, 0) is 13.1 Å². The fourth-order valence-corrected chi connectivity index (χ4v) is 4.58. The van der Waals surface area contributed by atoms with Gasteiger partial charge in [-0.2, -0.15) is 0 Å². The van der Waals surface area contributed by atoms with E-state index in [-0.39, 0.29) is 5.56 Å². The highest BCUT2D eigenvalue weighted by Gasteiger charge is 2.24. The number of aromatic nitrogens is 1. The summed E-state index contributed by atoms with van der Waals surface area (Å²) < 4.78 is 11.3. The molecule has 1 fully saturated rings. The minimum atomic E-state index is -0.0115. The van der Waals surface area contributed by atoms with E-state index >= 15 is 0 Å². The first-order valence-electron chi connectivity index (χ1n) is 10.9. The molecule has 0 radical (unpaired) electrons. The predicted octanol–water partition coefficient (Wildman–Crippen LogP) is 0.610. The summed E-state index contributed by atoms with van der Waals surface area (Å²) in [6.45, 7) is 5.29. The molecule has 6 nitrogen and oxygen atoms in total. The predicted molar refractivity (Wildman–Crippen MR) is 115 cm³/mol. The van der Waals surface area contributed by atoms with Gasteiger partial charge >= 0.3 is 0 Å². The molecule has 2 aromatic carbocycles. The Kier molecular flexibility index (Phi) is 5.43. The summed E-state index contributed by atoms with van der Waals surface area (Å²) >= 11 is 0. The van der Waals surface area contributed by atoms with E-state index in [1.807, 2.05) is 18.2 Å². The van der Waals surface area contributed by atoms with E-state index in [9.17, 15) is 4.79 Å². The van der Waals surface area contributed by atoms with Gasteiger partial charge in [-0.1, -0.05) is 30.3 Å². The van der Waals surface area contributed by atoms with Crippen LogP contribution in [0.2, 0.25) is 0 Å². The molecule has 3 heterocycles. The number of hydrogen-bond acceptors (Lipinski definition) is 3. The number of ether oxygens (including phenoxy) is 2. The van der Waals surface area contributed by atoms with Gasteiger partial charge in [0.25, 0.3) is 5.56 Å². The van der Waals surface area contributed by atoms with Crippen molar-refractivity contribution < 1.29 is 19.7 Å². The number of H-pyrrole nitrogens is 1. The highest BCUT2D eigenvalue weighted by molar-refractivity contribution is 5.83. The van der Waals surface area contributed by atoms with Gasteiger partial charge < -0.3 is 24.7 Å². The summed E-state index contributed by atoms with van der Waals surface area (Å²) in [5, 5.41) is 3.33. The fourth-order valence-electron chi connectivity index (χ4n) is 4.58. The molecule has 1 aromatic heterocycles. The first-order valence-corrected chi connectivity index (χ1v) is 10.9. The van der Waals surface area contributed by atoms with E-state index in [1.54, 1.807) is 4.90 Å². The summed E-state index contributed by atoms with van der Waals surface area (Å²) in [6, 6.07) is 17.1. The second-order valence-electron chi connectivity index (χ2n) is 8.40. The number of quaternary nitrogens is 2. The van der Waals surface area contributed by atoms with Crippen LogP contribution in [0.4, 0.5) is 0 Å². The number of benzene rings is 2. The molecular formula is C24H29N3O3+2. The zero-order chi connectivity index (χ0) is 20.3. The zero-order valence-corrected chi connectivity index (χ0v) is 17.2. The molecule has 5 rings (SSSR count). The Morgan fingerprint density at radius 1 is 1.00 bits per heavy atom. The van der Waals surface area contributed by atoms with E-state index < -0.39 is 0 Å². The minimum absolute atomic E-state index is 0.0115. The van der Waals surface area contributed by atoms with Gasteiger partial charge in [0.2, 0.25) is 0 Å². The van der Waals surface area contributed by atoms with Gasteiger partial charge in [0, 0.05) is 29.9 Å². The number of nitrogens with two attached hydrogens (primary N) is 1. The van der Waals surface area contributed by atoms with Crippen molar-refractivity contribution >= 4 is 10.9 Å². The van der Waals surface area contributed by atoms with Gasteiger partial charge in [-0.25, -0.2) is 0 Å². The van der Waals surface area contributed by atoms with Crippen LogP contribution < -0.4 is 25.2 Å². The van der Waals surface area contributed by atoms with Crippen LogP contribution in [-0.4, -0.2) is 37.3 Å². The molecule has 30 heavy (non-hydrogen) atoms. The number of fused-ring (bicyclic) bond motifs is 2. The molecule has 0 bridgehead atoms. The molecule has 156 valence electrons. The Bertz CT molecular complexity index is 1070. The molecule has 0 unspecified atom stereocenters. The lowest BCUT2D eigenvalue weighted by atomic mass is 10.0. The number of rotatable bonds is 5. The first-order chi connectivity index (χ1) is 14.7. The summed E-state index contributed by atoms with van der Waals surface area (Å²) in [7, 11) is 0. The van der Waals surface area contributed by atoms with Crippen molar-refractivity contribution in [1.29, 1.82) is 0 Å². The van der Waals surface area contributed by atoms with Crippen LogP contribution in [0.15, 0.2) is 53.3 Å². The molecule has 6 heteroatoms. The van der Waals surface area contributed by atoms with Gasteiger partial charge in [-0.05, 0) is 12.1 Å². The van der Waals surface area contributed by atoms with Crippen molar-refractivity contribution in [1.82, 2.24) is 4.98 Å². The second kappa shape index (κ2) is 8.50. The lowest BCUT2D eigenvalue weighted by molar-refractivity contribution is -0.926. The average molecular weight is 408 g/mol. The van der Waals surface area contributed by atoms with Gasteiger partial charge in [-0.3, -0.25) is 4.79 Å².